The van der Waals surface area contributed by atoms with Crippen molar-refractivity contribution in [3.8, 4) is 11.6 Å². The number of nitrogens with one attached hydrogen (secondary N) is 1. The van der Waals surface area contributed by atoms with Crippen LogP contribution in [0, 0.1) is 11.6 Å². The molecule has 0 spiro atoms. The average molecular weight is 278 g/mol. The van der Waals surface area contributed by atoms with Gasteiger partial charge in [0.1, 0.15) is 5.82 Å². The van der Waals surface area contributed by atoms with Crippen LogP contribution in [0.15, 0.2) is 36.5 Å². The summed E-state index contributed by atoms with van der Waals surface area (Å²) in [5, 5.41) is 2.60. The summed E-state index contributed by atoms with van der Waals surface area (Å²) in [4.78, 5) is 14.9. The van der Waals surface area contributed by atoms with Gasteiger partial charge in [-0.3, -0.25) is 4.79 Å². The van der Waals surface area contributed by atoms with E-state index in [0.29, 0.717) is 5.56 Å². The molecule has 2 aromatic rings. The van der Waals surface area contributed by atoms with Gasteiger partial charge in [-0.15, -0.1) is 0 Å². The van der Waals surface area contributed by atoms with Gasteiger partial charge in [0.25, 0.3) is 0 Å². The molecule has 0 aliphatic heterocycles. The van der Waals surface area contributed by atoms with Crippen molar-refractivity contribution >= 4 is 5.91 Å². The number of rotatable bonds is 4. The number of benzene rings is 1. The molecule has 0 unspecified atom stereocenters. The maximum Gasteiger partial charge on any atom is 0.224 e. The highest BCUT2D eigenvalue weighted by Gasteiger charge is 2.10. The summed E-state index contributed by atoms with van der Waals surface area (Å²) in [6, 6.07) is 6.37. The van der Waals surface area contributed by atoms with E-state index in [9.17, 15) is 13.6 Å². The van der Waals surface area contributed by atoms with Crippen LogP contribution in [-0.2, 0) is 11.3 Å². The lowest BCUT2D eigenvalue weighted by Crippen LogP contribution is -2.19. The molecular weight excluding hydrogens is 266 g/mol. The lowest BCUT2D eigenvalue weighted by Gasteiger charge is -2.10. The Labute approximate surface area is 114 Å². The molecule has 0 saturated heterocycles. The summed E-state index contributed by atoms with van der Waals surface area (Å²) >= 11 is 0. The SMILES string of the molecule is CC(=O)NCc1cccnc1Oc1ccc(F)cc1F. The molecule has 1 aromatic heterocycles. The van der Waals surface area contributed by atoms with Gasteiger partial charge in [-0.1, -0.05) is 6.07 Å². The minimum Gasteiger partial charge on any atom is -0.436 e. The van der Waals surface area contributed by atoms with Gasteiger partial charge in [0.05, 0.1) is 0 Å². The van der Waals surface area contributed by atoms with Crippen molar-refractivity contribution in [2.45, 2.75) is 13.5 Å². The van der Waals surface area contributed by atoms with Crippen LogP contribution in [0.4, 0.5) is 8.78 Å². The van der Waals surface area contributed by atoms with Crippen molar-refractivity contribution in [1.82, 2.24) is 10.3 Å². The monoisotopic (exact) mass is 278 g/mol. The average Bonchev–Trinajstić information content (AvgIpc) is 2.41. The van der Waals surface area contributed by atoms with E-state index >= 15 is 0 Å². The topological polar surface area (TPSA) is 51.2 Å². The Morgan fingerprint density at radius 3 is 2.85 bits per heavy atom. The number of pyridine rings is 1. The predicted octanol–water partition coefficient (Wildman–Crippen LogP) is 2.79. The number of carbonyl (C=O) groups is 1. The molecule has 6 heteroatoms. The van der Waals surface area contributed by atoms with E-state index < -0.39 is 11.6 Å². The number of hydrogen-bond acceptors (Lipinski definition) is 3. The number of carbonyl (C=O) groups excluding carboxylic acids is 1. The third-order valence-electron chi connectivity index (χ3n) is 2.48. The Hall–Kier alpha value is -2.50. The van der Waals surface area contributed by atoms with E-state index in [1.54, 1.807) is 12.1 Å². The van der Waals surface area contributed by atoms with Gasteiger partial charge in [-0.05, 0) is 18.2 Å². The maximum atomic E-state index is 13.5. The second-order valence-corrected chi connectivity index (χ2v) is 4.05. The van der Waals surface area contributed by atoms with E-state index in [2.05, 4.69) is 10.3 Å². The second-order valence-electron chi connectivity index (χ2n) is 4.05. The van der Waals surface area contributed by atoms with Crippen molar-refractivity contribution in [2.75, 3.05) is 0 Å². The molecule has 0 bridgehead atoms. The van der Waals surface area contributed by atoms with Gasteiger partial charge in [0, 0.05) is 31.3 Å². The standard InChI is InChI=1S/C14H12F2N2O2/c1-9(19)18-8-10-3-2-6-17-14(10)20-13-5-4-11(15)7-12(13)16/h2-7H,8H2,1H3,(H,18,19). The molecule has 4 nitrogen and oxygen atoms in total. The number of amides is 1. The minimum absolute atomic E-state index is 0.130. The largest absolute Gasteiger partial charge is 0.436 e. The third-order valence-corrected chi connectivity index (χ3v) is 2.48. The summed E-state index contributed by atoms with van der Waals surface area (Å²) in [6.45, 7) is 1.60. The zero-order chi connectivity index (χ0) is 14.5. The number of nitrogens with zero attached hydrogens (tertiary/aromatic N) is 1. The molecule has 20 heavy (non-hydrogen) atoms. The first-order valence-electron chi connectivity index (χ1n) is 5.87. The lowest BCUT2D eigenvalue weighted by atomic mass is 10.2. The van der Waals surface area contributed by atoms with Crippen LogP contribution in [0.2, 0.25) is 0 Å². The zero-order valence-electron chi connectivity index (χ0n) is 10.7. The summed E-state index contributed by atoms with van der Waals surface area (Å²) < 4.78 is 31.7. The Bertz CT molecular complexity index is 632. The number of halogens is 2. The molecular formula is C14H12F2N2O2. The molecule has 1 N–H and O–H groups in total. The minimum atomic E-state index is -0.818. The van der Waals surface area contributed by atoms with Crippen molar-refractivity contribution in [3.05, 3.63) is 53.7 Å². The van der Waals surface area contributed by atoms with Gasteiger partial charge in [0.2, 0.25) is 11.8 Å². The van der Waals surface area contributed by atoms with E-state index in [1.807, 2.05) is 0 Å². The highest BCUT2D eigenvalue weighted by molar-refractivity contribution is 5.72. The molecule has 0 aliphatic carbocycles. The van der Waals surface area contributed by atoms with Gasteiger partial charge < -0.3 is 10.1 Å². The van der Waals surface area contributed by atoms with Crippen molar-refractivity contribution in [3.63, 3.8) is 0 Å². The van der Waals surface area contributed by atoms with Crippen molar-refractivity contribution in [2.24, 2.45) is 0 Å². The fourth-order valence-electron chi connectivity index (χ4n) is 1.53. The van der Waals surface area contributed by atoms with Crippen LogP contribution >= 0.6 is 0 Å². The van der Waals surface area contributed by atoms with E-state index in [4.69, 9.17) is 4.74 Å². The first kappa shape index (κ1) is 13.9. The second kappa shape index (κ2) is 6.10. The Morgan fingerprint density at radius 2 is 2.15 bits per heavy atom. The third kappa shape index (κ3) is 3.50. The fraction of sp³-hybridized carbons (Fsp3) is 0.143. The number of hydrogen-bond donors (Lipinski definition) is 1. The molecule has 0 fully saturated rings. The first-order chi connectivity index (χ1) is 9.56. The lowest BCUT2D eigenvalue weighted by molar-refractivity contribution is -0.119. The predicted molar refractivity (Wildman–Crippen MR) is 68.2 cm³/mol. The molecule has 0 radical (unpaired) electrons. The summed E-state index contributed by atoms with van der Waals surface area (Å²) in [6.07, 6.45) is 1.48. The Morgan fingerprint density at radius 1 is 1.35 bits per heavy atom. The van der Waals surface area contributed by atoms with Crippen LogP contribution < -0.4 is 10.1 Å². The molecule has 1 heterocycles. The van der Waals surface area contributed by atoms with Gasteiger partial charge in [-0.25, -0.2) is 13.8 Å². The normalized spacial score (nSPS) is 10.2. The van der Waals surface area contributed by atoms with Gasteiger partial charge in [0.15, 0.2) is 11.6 Å². The summed E-state index contributed by atoms with van der Waals surface area (Å²) in [5.74, 6) is -1.68. The van der Waals surface area contributed by atoms with Crippen molar-refractivity contribution < 1.29 is 18.3 Å². The molecule has 0 atom stereocenters. The highest BCUT2D eigenvalue weighted by atomic mass is 19.1. The van der Waals surface area contributed by atoms with E-state index in [-0.39, 0.29) is 24.1 Å². The van der Waals surface area contributed by atoms with Crippen LogP contribution in [0.25, 0.3) is 0 Å². The zero-order valence-corrected chi connectivity index (χ0v) is 10.7. The highest BCUT2D eigenvalue weighted by Crippen LogP contribution is 2.25. The number of ether oxygens (including phenoxy) is 1. The molecule has 0 saturated carbocycles. The molecule has 1 aromatic carbocycles. The Balaban J connectivity index is 2.22. The van der Waals surface area contributed by atoms with Crippen LogP contribution in [0.1, 0.15) is 12.5 Å². The summed E-state index contributed by atoms with van der Waals surface area (Å²) in [5.41, 5.74) is 0.589. The summed E-state index contributed by atoms with van der Waals surface area (Å²) in [7, 11) is 0. The number of aromatic nitrogens is 1. The van der Waals surface area contributed by atoms with Gasteiger partial charge in [-0.2, -0.15) is 0 Å². The van der Waals surface area contributed by atoms with Crippen LogP contribution in [-0.4, -0.2) is 10.9 Å². The van der Waals surface area contributed by atoms with Gasteiger partial charge >= 0.3 is 0 Å². The van der Waals surface area contributed by atoms with Crippen LogP contribution in [0.3, 0.4) is 0 Å². The molecule has 104 valence electrons. The van der Waals surface area contributed by atoms with E-state index in [1.165, 1.54) is 19.2 Å². The molecule has 0 aliphatic rings. The van der Waals surface area contributed by atoms with Crippen molar-refractivity contribution in [1.29, 1.82) is 0 Å². The molecule has 2 rings (SSSR count). The molecule has 1 amide bonds. The maximum absolute atomic E-state index is 13.5. The Kier molecular flexibility index (Phi) is 4.24. The van der Waals surface area contributed by atoms with Crippen LogP contribution in [0.5, 0.6) is 11.6 Å². The van der Waals surface area contributed by atoms with E-state index in [0.717, 1.165) is 12.1 Å². The fourth-order valence-corrected chi connectivity index (χ4v) is 1.53. The quantitative estimate of drug-likeness (QED) is 0.935. The smallest absolute Gasteiger partial charge is 0.224 e. The first-order valence-corrected chi connectivity index (χ1v) is 5.87.